The molecule has 1 N–H and O–H groups in total. The molecule has 0 aliphatic heterocycles. The standard InChI is InChI=1S/C17H25N3O/c1-3-16(15-8-4-5-9-17(15)21-2)19-10-6-7-12-20-13-11-18-14-20/h4-5,8-9,11,13-14,16,19H,3,6-7,10,12H2,1-2H3. The van der Waals surface area contributed by atoms with E-state index in [0.29, 0.717) is 6.04 Å². The van der Waals surface area contributed by atoms with E-state index >= 15 is 0 Å². The number of nitrogens with zero attached hydrogens (tertiary/aromatic N) is 2. The molecule has 4 heteroatoms. The topological polar surface area (TPSA) is 39.1 Å². The zero-order valence-corrected chi connectivity index (χ0v) is 13.0. The van der Waals surface area contributed by atoms with Gasteiger partial charge in [-0.25, -0.2) is 4.98 Å². The molecular weight excluding hydrogens is 262 g/mol. The van der Waals surface area contributed by atoms with Gasteiger partial charge in [0.1, 0.15) is 5.75 Å². The van der Waals surface area contributed by atoms with E-state index in [4.69, 9.17) is 4.74 Å². The van der Waals surface area contributed by atoms with Crippen LogP contribution in [0.4, 0.5) is 0 Å². The van der Waals surface area contributed by atoms with Gasteiger partial charge in [-0.05, 0) is 31.9 Å². The second-order valence-corrected chi connectivity index (χ2v) is 5.16. The lowest BCUT2D eigenvalue weighted by Gasteiger charge is -2.20. The van der Waals surface area contributed by atoms with Gasteiger partial charge in [0.25, 0.3) is 0 Å². The van der Waals surface area contributed by atoms with E-state index < -0.39 is 0 Å². The lowest BCUT2D eigenvalue weighted by atomic mass is 10.0. The minimum atomic E-state index is 0.356. The smallest absolute Gasteiger partial charge is 0.123 e. The first kappa shape index (κ1) is 15.6. The van der Waals surface area contributed by atoms with Crippen molar-refractivity contribution in [1.82, 2.24) is 14.9 Å². The van der Waals surface area contributed by atoms with Gasteiger partial charge in [0.2, 0.25) is 0 Å². The molecule has 21 heavy (non-hydrogen) atoms. The van der Waals surface area contributed by atoms with E-state index in [9.17, 15) is 0 Å². The van der Waals surface area contributed by atoms with Gasteiger partial charge in [-0.2, -0.15) is 0 Å². The Bertz CT molecular complexity index is 511. The molecule has 1 heterocycles. The van der Waals surface area contributed by atoms with Crippen LogP contribution in [0.5, 0.6) is 5.75 Å². The average molecular weight is 287 g/mol. The number of aromatic nitrogens is 2. The predicted octanol–water partition coefficient (Wildman–Crippen LogP) is 3.41. The van der Waals surface area contributed by atoms with Crippen LogP contribution in [0.25, 0.3) is 0 Å². The van der Waals surface area contributed by atoms with Crippen molar-refractivity contribution in [2.24, 2.45) is 0 Å². The highest BCUT2D eigenvalue weighted by Gasteiger charge is 2.12. The van der Waals surface area contributed by atoms with Crippen molar-refractivity contribution in [1.29, 1.82) is 0 Å². The number of aryl methyl sites for hydroxylation is 1. The fourth-order valence-corrected chi connectivity index (χ4v) is 2.54. The van der Waals surface area contributed by atoms with Crippen LogP contribution in [0, 0.1) is 0 Å². The number of unbranched alkanes of at least 4 members (excludes halogenated alkanes) is 1. The Kier molecular flexibility index (Phi) is 6.28. The molecule has 1 atom stereocenters. The Morgan fingerprint density at radius 3 is 2.86 bits per heavy atom. The van der Waals surface area contributed by atoms with E-state index in [1.807, 2.05) is 30.9 Å². The minimum Gasteiger partial charge on any atom is -0.496 e. The number of benzene rings is 1. The number of nitrogens with one attached hydrogen (secondary N) is 1. The molecule has 1 aromatic heterocycles. The highest BCUT2D eigenvalue weighted by Crippen LogP contribution is 2.26. The van der Waals surface area contributed by atoms with Crippen LogP contribution >= 0.6 is 0 Å². The van der Waals surface area contributed by atoms with Gasteiger partial charge in [0.15, 0.2) is 0 Å². The second-order valence-electron chi connectivity index (χ2n) is 5.16. The fourth-order valence-electron chi connectivity index (χ4n) is 2.54. The maximum absolute atomic E-state index is 5.45. The fraction of sp³-hybridized carbons (Fsp3) is 0.471. The summed E-state index contributed by atoms with van der Waals surface area (Å²) in [4.78, 5) is 4.05. The first-order chi connectivity index (χ1) is 10.3. The number of hydrogen-bond acceptors (Lipinski definition) is 3. The molecule has 0 aliphatic carbocycles. The molecule has 114 valence electrons. The summed E-state index contributed by atoms with van der Waals surface area (Å²) in [5.41, 5.74) is 1.25. The molecule has 0 amide bonds. The summed E-state index contributed by atoms with van der Waals surface area (Å²) in [6.07, 6.45) is 9.08. The molecule has 0 saturated carbocycles. The third-order valence-electron chi connectivity index (χ3n) is 3.72. The average Bonchev–Trinajstić information content (AvgIpc) is 3.04. The van der Waals surface area contributed by atoms with Crippen LogP contribution in [0.2, 0.25) is 0 Å². The van der Waals surface area contributed by atoms with Crippen molar-refractivity contribution in [3.63, 3.8) is 0 Å². The van der Waals surface area contributed by atoms with Gasteiger partial charge in [0, 0.05) is 30.5 Å². The quantitative estimate of drug-likeness (QED) is 0.718. The molecule has 2 rings (SSSR count). The Hall–Kier alpha value is -1.81. The van der Waals surface area contributed by atoms with Crippen LogP contribution in [-0.2, 0) is 6.54 Å². The lowest BCUT2D eigenvalue weighted by Crippen LogP contribution is -2.22. The number of methoxy groups -OCH3 is 1. The first-order valence-corrected chi connectivity index (χ1v) is 7.67. The Balaban J connectivity index is 1.77. The normalized spacial score (nSPS) is 12.3. The Morgan fingerprint density at radius 1 is 1.29 bits per heavy atom. The molecule has 0 fully saturated rings. The van der Waals surface area contributed by atoms with Gasteiger partial charge in [-0.3, -0.25) is 0 Å². The molecule has 0 spiro atoms. The van der Waals surface area contributed by atoms with Gasteiger partial charge in [0.05, 0.1) is 13.4 Å². The summed E-state index contributed by atoms with van der Waals surface area (Å²) in [6.45, 7) is 4.26. The van der Waals surface area contributed by atoms with Gasteiger partial charge in [-0.1, -0.05) is 25.1 Å². The molecule has 0 aliphatic rings. The summed E-state index contributed by atoms with van der Waals surface area (Å²) < 4.78 is 7.58. The molecule has 2 aromatic rings. The van der Waals surface area contributed by atoms with E-state index in [1.165, 1.54) is 5.56 Å². The molecule has 1 unspecified atom stereocenters. The van der Waals surface area contributed by atoms with Gasteiger partial charge in [-0.15, -0.1) is 0 Å². The molecule has 0 radical (unpaired) electrons. The number of para-hydroxylation sites is 1. The highest BCUT2D eigenvalue weighted by molar-refractivity contribution is 5.35. The van der Waals surface area contributed by atoms with E-state index in [-0.39, 0.29) is 0 Å². The van der Waals surface area contributed by atoms with Crippen molar-refractivity contribution < 1.29 is 4.74 Å². The predicted molar refractivity (Wildman–Crippen MR) is 85.5 cm³/mol. The third kappa shape index (κ3) is 4.60. The summed E-state index contributed by atoms with van der Waals surface area (Å²) in [5.74, 6) is 0.968. The largest absolute Gasteiger partial charge is 0.496 e. The summed E-state index contributed by atoms with van der Waals surface area (Å²) in [6, 6.07) is 8.61. The maximum atomic E-state index is 5.45. The van der Waals surface area contributed by atoms with Gasteiger partial charge >= 0.3 is 0 Å². The van der Waals surface area contributed by atoms with E-state index in [2.05, 4.69) is 33.9 Å². The number of rotatable bonds is 9. The van der Waals surface area contributed by atoms with Crippen molar-refractivity contribution in [3.05, 3.63) is 48.5 Å². The number of imidazole rings is 1. The Morgan fingerprint density at radius 2 is 2.14 bits per heavy atom. The van der Waals surface area contributed by atoms with Crippen molar-refractivity contribution in [2.45, 2.75) is 38.8 Å². The van der Waals surface area contributed by atoms with Crippen LogP contribution < -0.4 is 10.1 Å². The summed E-state index contributed by atoms with van der Waals surface area (Å²) in [7, 11) is 1.73. The highest BCUT2D eigenvalue weighted by atomic mass is 16.5. The number of ether oxygens (including phenoxy) is 1. The third-order valence-corrected chi connectivity index (χ3v) is 3.72. The maximum Gasteiger partial charge on any atom is 0.123 e. The monoisotopic (exact) mass is 287 g/mol. The Labute approximate surface area is 127 Å². The molecule has 0 bridgehead atoms. The van der Waals surface area contributed by atoms with Crippen LogP contribution in [0.15, 0.2) is 43.0 Å². The second kappa shape index (κ2) is 8.47. The van der Waals surface area contributed by atoms with Crippen LogP contribution in [-0.4, -0.2) is 23.2 Å². The summed E-state index contributed by atoms with van der Waals surface area (Å²) in [5, 5.41) is 3.64. The summed E-state index contributed by atoms with van der Waals surface area (Å²) >= 11 is 0. The van der Waals surface area contributed by atoms with Crippen molar-refractivity contribution >= 4 is 0 Å². The molecule has 4 nitrogen and oxygen atoms in total. The zero-order valence-electron chi connectivity index (χ0n) is 13.0. The number of hydrogen-bond donors (Lipinski definition) is 1. The SMILES string of the molecule is CCC(NCCCCn1ccnc1)c1ccccc1OC. The molecular formula is C17H25N3O. The van der Waals surface area contributed by atoms with Gasteiger partial charge < -0.3 is 14.6 Å². The van der Waals surface area contributed by atoms with Crippen LogP contribution in [0.1, 0.15) is 37.8 Å². The van der Waals surface area contributed by atoms with E-state index in [1.54, 1.807) is 7.11 Å². The first-order valence-electron chi connectivity index (χ1n) is 7.67. The van der Waals surface area contributed by atoms with Crippen LogP contribution in [0.3, 0.4) is 0 Å². The van der Waals surface area contributed by atoms with E-state index in [0.717, 1.165) is 38.1 Å². The van der Waals surface area contributed by atoms with Crippen molar-refractivity contribution in [3.8, 4) is 5.75 Å². The lowest BCUT2D eigenvalue weighted by molar-refractivity contribution is 0.395. The minimum absolute atomic E-state index is 0.356. The molecule has 1 aromatic carbocycles. The molecule has 0 saturated heterocycles. The zero-order chi connectivity index (χ0) is 14.9. The van der Waals surface area contributed by atoms with Crippen molar-refractivity contribution in [2.75, 3.05) is 13.7 Å².